The minimum absolute atomic E-state index is 0.170. The molecule has 4 heteroatoms. The van der Waals surface area contributed by atoms with Gasteiger partial charge in [0.05, 0.1) is 13.2 Å². The van der Waals surface area contributed by atoms with Crippen molar-refractivity contribution in [3.63, 3.8) is 0 Å². The number of methoxy groups -OCH3 is 1. The smallest absolute Gasteiger partial charge is 0.408 e. The Labute approximate surface area is 108 Å². The number of hydrogen-bond donors (Lipinski definition) is 1. The van der Waals surface area contributed by atoms with E-state index in [-0.39, 0.29) is 6.04 Å². The Kier molecular flexibility index (Phi) is 4.59. The highest BCUT2D eigenvalue weighted by molar-refractivity contribution is 5.68. The molecule has 0 fully saturated rings. The van der Waals surface area contributed by atoms with Crippen molar-refractivity contribution >= 4 is 6.09 Å². The highest BCUT2D eigenvalue weighted by Crippen LogP contribution is 2.24. The Bertz CT molecular complexity index is 410. The van der Waals surface area contributed by atoms with Crippen LogP contribution >= 0.6 is 0 Å². The molecule has 1 N–H and O–H groups in total. The van der Waals surface area contributed by atoms with Crippen LogP contribution in [0.2, 0.25) is 0 Å². The Morgan fingerprint density at radius 1 is 1.28 bits per heavy atom. The van der Waals surface area contributed by atoms with Gasteiger partial charge in [0.15, 0.2) is 0 Å². The summed E-state index contributed by atoms with van der Waals surface area (Å²) in [6.45, 7) is 7.39. The van der Waals surface area contributed by atoms with E-state index in [0.29, 0.717) is 0 Å². The molecule has 0 aromatic heterocycles. The van der Waals surface area contributed by atoms with Gasteiger partial charge in [0.1, 0.15) is 11.4 Å². The van der Waals surface area contributed by atoms with Gasteiger partial charge in [0, 0.05) is 5.56 Å². The van der Waals surface area contributed by atoms with E-state index in [0.717, 1.165) is 11.3 Å². The van der Waals surface area contributed by atoms with Crippen LogP contribution in [-0.4, -0.2) is 18.8 Å². The van der Waals surface area contributed by atoms with Crippen LogP contribution in [0.15, 0.2) is 24.3 Å². The lowest BCUT2D eigenvalue weighted by atomic mass is 10.1. The molecule has 1 rings (SSSR count). The second-order valence-electron chi connectivity index (χ2n) is 5.11. The summed E-state index contributed by atoms with van der Waals surface area (Å²) in [5.41, 5.74) is 0.427. The van der Waals surface area contributed by atoms with Crippen molar-refractivity contribution in [1.82, 2.24) is 5.32 Å². The van der Waals surface area contributed by atoms with E-state index in [1.807, 2.05) is 52.0 Å². The third-order valence-electron chi connectivity index (χ3n) is 2.34. The van der Waals surface area contributed by atoms with Crippen LogP contribution in [0.1, 0.15) is 39.3 Å². The van der Waals surface area contributed by atoms with Gasteiger partial charge < -0.3 is 14.8 Å². The molecule has 100 valence electrons. The predicted molar refractivity (Wildman–Crippen MR) is 70.8 cm³/mol. The SMILES string of the molecule is COc1ccccc1[C@H](C)NC(=O)OC(C)(C)C. The molecule has 0 saturated carbocycles. The molecule has 0 bridgehead atoms. The van der Waals surface area contributed by atoms with Crippen LogP contribution in [0.25, 0.3) is 0 Å². The topological polar surface area (TPSA) is 47.6 Å². The summed E-state index contributed by atoms with van der Waals surface area (Å²) in [4.78, 5) is 11.7. The number of alkyl carbamates (subject to hydrolysis) is 1. The second kappa shape index (κ2) is 5.76. The van der Waals surface area contributed by atoms with Crippen molar-refractivity contribution in [1.29, 1.82) is 0 Å². The normalized spacial score (nSPS) is 12.7. The minimum atomic E-state index is -0.495. The maximum Gasteiger partial charge on any atom is 0.408 e. The molecule has 1 amide bonds. The molecular weight excluding hydrogens is 230 g/mol. The van der Waals surface area contributed by atoms with Gasteiger partial charge in [-0.05, 0) is 33.8 Å². The Morgan fingerprint density at radius 3 is 2.44 bits per heavy atom. The Balaban J connectivity index is 2.70. The number of ether oxygens (including phenoxy) is 2. The number of amides is 1. The lowest BCUT2D eigenvalue weighted by molar-refractivity contribution is 0.0507. The van der Waals surface area contributed by atoms with Crippen molar-refractivity contribution in [2.75, 3.05) is 7.11 Å². The molecule has 0 spiro atoms. The molecule has 0 radical (unpaired) electrons. The number of rotatable bonds is 3. The Hall–Kier alpha value is -1.71. The van der Waals surface area contributed by atoms with E-state index in [1.165, 1.54) is 0 Å². The van der Waals surface area contributed by atoms with Crippen molar-refractivity contribution in [3.05, 3.63) is 29.8 Å². The molecular formula is C14H21NO3. The maximum absolute atomic E-state index is 11.7. The fraction of sp³-hybridized carbons (Fsp3) is 0.500. The number of carbonyl (C=O) groups is 1. The monoisotopic (exact) mass is 251 g/mol. The van der Waals surface area contributed by atoms with E-state index in [1.54, 1.807) is 7.11 Å². The first-order valence-corrected chi connectivity index (χ1v) is 5.96. The highest BCUT2D eigenvalue weighted by atomic mass is 16.6. The van der Waals surface area contributed by atoms with Crippen molar-refractivity contribution < 1.29 is 14.3 Å². The van der Waals surface area contributed by atoms with Gasteiger partial charge in [-0.1, -0.05) is 18.2 Å². The molecule has 18 heavy (non-hydrogen) atoms. The van der Waals surface area contributed by atoms with Crippen molar-refractivity contribution in [2.45, 2.75) is 39.3 Å². The van der Waals surface area contributed by atoms with Gasteiger partial charge >= 0.3 is 6.09 Å². The van der Waals surface area contributed by atoms with E-state index in [2.05, 4.69) is 5.32 Å². The van der Waals surface area contributed by atoms with E-state index < -0.39 is 11.7 Å². The van der Waals surface area contributed by atoms with Crippen LogP contribution in [0.5, 0.6) is 5.75 Å². The Morgan fingerprint density at radius 2 is 1.89 bits per heavy atom. The lowest BCUT2D eigenvalue weighted by Gasteiger charge is -2.22. The standard InChI is InChI=1S/C14H21NO3/c1-10(15-13(16)18-14(2,3)4)11-8-6-7-9-12(11)17-5/h6-10H,1-5H3,(H,15,16)/t10-/m0/s1. The van der Waals surface area contributed by atoms with Crippen LogP contribution in [0.3, 0.4) is 0 Å². The lowest BCUT2D eigenvalue weighted by Crippen LogP contribution is -2.34. The van der Waals surface area contributed by atoms with Crippen LogP contribution < -0.4 is 10.1 Å². The maximum atomic E-state index is 11.7. The van der Waals surface area contributed by atoms with Gasteiger partial charge in [0.2, 0.25) is 0 Å². The first-order valence-electron chi connectivity index (χ1n) is 5.96. The van der Waals surface area contributed by atoms with E-state index in [9.17, 15) is 4.79 Å². The molecule has 4 nitrogen and oxygen atoms in total. The molecule has 0 aliphatic carbocycles. The largest absolute Gasteiger partial charge is 0.496 e. The third kappa shape index (κ3) is 4.28. The van der Waals surface area contributed by atoms with Crippen LogP contribution in [-0.2, 0) is 4.74 Å². The molecule has 1 aromatic rings. The summed E-state index contributed by atoms with van der Waals surface area (Å²) in [7, 11) is 1.61. The van der Waals surface area contributed by atoms with E-state index >= 15 is 0 Å². The second-order valence-corrected chi connectivity index (χ2v) is 5.11. The quantitative estimate of drug-likeness (QED) is 0.896. The fourth-order valence-corrected chi connectivity index (χ4v) is 1.59. The summed E-state index contributed by atoms with van der Waals surface area (Å²) in [6.07, 6.45) is -0.430. The summed E-state index contributed by atoms with van der Waals surface area (Å²) in [6, 6.07) is 7.41. The average Bonchev–Trinajstić information content (AvgIpc) is 2.26. The van der Waals surface area contributed by atoms with Crippen LogP contribution in [0, 0.1) is 0 Å². The molecule has 0 aliphatic heterocycles. The molecule has 0 unspecified atom stereocenters. The van der Waals surface area contributed by atoms with Crippen LogP contribution in [0.4, 0.5) is 4.79 Å². The van der Waals surface area contributed by atoms with Gasteiger partial charge in [-0.2, -0.15) is 0 Å². The van der Waals surface area contributed by atoms with Gasteiger partial charge in [-0.3, -0.25) is 0 Å². The molecule has 0 heterocycles. The fourth-order valence-electron chi connectivity index (χ4n) is 1.59. The van der Waals surface area contributed by atoms with E-state index in [4.69, 9.17) is 9.47 Å². The third-order valence-corrected chi connectivity index (χ3v) is 2.34. The van der Waals surface area contributed by atoms with Gasteiger partial charge in [-0.25, -0.2) is 4.79 Å². The zero-order valence-electron chi connectivity index (χ0n) is 11.6. The molecule has 0 aliphatic rings. The number of benzene rings is 1. The zero-order valence-corrected chi connectivity index (χ0v) is 11.6. The summed E-state index contributed by atoms with van der Waals surface area (Å²) in [5, 5.41) is 2.79. The van der Waals surface area contributed by atoms with Gasteiger partial charge in [0.25, 0.3) is 0 Å². The van der Waals surface area contributed by atoms with Crippen molar-refractivity contribution in [2.24, 2.45) is 0 Å². The number of hydrogen-bond acceptors (Lipinski definition) is 3. The first kappa shape index (κ1) is 14.4. The molecule has 0 saturated heterocycles. The number of carbonyl (C=O) groups excluding carboxylic acids is 1. The van der Waals surface area contributed by atoms with Crippen molar-refractivity contribution in [3.8, 4) is 5.75 Å². The average molecular weight is 251 g/mol. The molecule has 1 atom stereocenters. The van der Waals surface area contributed by atoms with Gasteiger partial charge in [-0.15, -0.1) is 0 Å². The summed E-state index contributed by atoms with van der Waals surface area (Å²) in [5.74, 6) is 0.751. The number of nitrogens with one attached hydrogen (secondary N) is 1. The summed E-state index contributed by atoms with van der Waals surface area (Å²) >= 11 is 0. The number of para-hydroxylation sites is 1. The first-order chi connectivity index (χ1) is 8.33. The summed E-state index contributed by atoms with van der Waals surface area (Å²) < 4.78 is 10.5. The minimum Gasteiger partial charge on any atom is -0.496 e. The molecule has 1 aromatic carbocycles. The zero-order chi connectivity index (χ0) is 13.8. The highest BCUT2D eigenvalue weighted by Gasteiger charge is 2.19. The predicted octanol–water partition coefficient (Wildman–Crippen LogP) is 3.28.